The molecule has 1 aromatic heterocycles. The van der Waals surface area contributed by atoms with Gasteiger partial charge in [-0.15, -0.1) is 0 Å². The number of anilines is 1. The summed E-state index contributed by atoms with van der Waals surface area (Å²) in [5.41, 5.74) is 5.45. The van der Waals surface area contributed by atoms with Gasteiger partial charge < -0.3 is 20.7 Å². The number of nitro groups is 1. The van der Waals surface area contributed by atoms with Crippen molar-refractivity contribution in [1.82, 2.24) is 9.88 Å². The molecule has 0 unspecified atom stereocenters. The first-order valence-corrected chi connectivity index (χ1v) is 6.35. The first kappa shape index (κ1) is 16.6. The van der Waals surface area contributed by atoms with Crippen molar-refractivity contribution in [2.45, 2.75) is 6.42 Å². The molecule has 0 aliphatic heterocycles. The monoisotopic (exact) mass is 296 g/mol. The molecule has 9 heteroatoms. The lowest BCUT2D eigenvalue weighted by Gasteiger charge is -2.19. The van der Waals surface area contributed by atoms with Gasteiger partial charge in [0, 0.05) is 31.4 Å². The van der Waals surface area contributed by atoms with Gasteiger partial charge in [-0.2, -0.15) is 0 Å². The van der Waals surface area contributed by atoms with Crippen molar-refractivity contribution < 1.29 is 10.1 Å². The highest BCUT2D eigenvalue weighted by Gasteiger charge is 2.20. The largest absolute Gasteiger partial charge is 0.409 e. The van der Waals surface area contributed by atoms with Gasteiger partial charge in [0.05, 0.1) is 4.92 Å². The smallest absolute Gasteiger partial charge is 0.312 e. The zero-order chi connectivity index (χ0) is 16.0. The van der Waals surface area contributed by atoms with Crippen molar-refractivity contribution in [3.63, 3.8) is 0 Å². The second-order valence-electron chi connectivity index (χ2n) is 4.89. The first-order valence-electron chi connectivity index (χ1n) is 6.35. The fourth-order valence-electron chi connectivity index (χ4n) is 1.80. The van der Waals surface area contributed by atoms with E-state index in [0.717, 1.165) is 13.0 Å². The zero-order valence-electron chi connectivity index (χ0n) is 12.4. The van der Waals surface area contributed by atoms with Crippen LogP contribution in [0, 0.1) is 10.1 Å². The second-order valence-corrected chi connectivity index (χ2v) is 4.89. The maximum absolute atomic E-state index is 11.2. The van der Waals surface area contributed by atoms with Crippen LogP contribution in [-0.2, 0) is 0 Å². The van der Waals surface area contributed by atoms with E-state index in [9.17, 15) is 10.1 Å². The van der Waals surface area contributed by atoms with E-state index in [1.54, 1.807) is 11.9 Å². The Morgan fingerprint density at radius 2 is 2.14 bits per heavy atom. The van der Waals surface area contributed by atoms with E-state index in [2.05, 4.69) is 10.1 Å². The number of rotatable bonds is 7. The van der Waals surface area contributed by atoms with E-state index < -0.39 is 4.92 Å². The van der Waals surface area contributed by atoms with Crippen LogP contribution in [0.5, 0.6) is 0 Å². The summed E-state index contributed by atoms with van der Waals surface area (Å²) in [6, 6.07) is 1.25. The lowest BCUT2D eigenvalue weighted by molar-refractivity contribution is -0.384. The number of nitrogens with two attached hydrogens (primary N) is 1. The van der Waals surface area contributed by atoms with Crippen LogP contribution in [0.1, 0.15) is 12.0 Å². The van der Waals surface area contributed by atoms with Gasteiger partial charge in [0.2, 0.25) is 5.82 Å². The number of hydrogen-bond donors (Lipinski definition) is 2. The summed E-state index contributed by atoms with van der Waals surface area (Å²) in [4.78, 5) is 18.5. The van der Waals surface area contributed by atoms with Crippen molar-refractivity contribution in [2.24, 2.45) is 10.9 Å². The number of pyridine rings is 1. The zero-order valence-corrected chi connectivity index (χ0v) is 12.4. The van der Waals surface area contributed by atoms with E-state index in [1.807, 2.05) is 19.0 Å². The van der Waals surface area contributed by atoms with E-state index in [-0.39, 0.29) is 22.9 Å². The molecule has 21 heavy (non-hydrogen) atoms. The Kier molecular flexibility index (Phi) is 5.85. The molecule has 0 saturated heterocycles. The third-order valence-corrected chi connectivity index (χ3v) is 2.91. The Morgan fingerprint density at radius 3 is 2.67 bits per heavy atom. The molecule has 0 fully saturated rings. The summed E-state index contributed by atoms with van der Waals surface area (Å²) < 4.78 is 0. The van der Waals surface area contributed by atoms with Crippen LogP contribution in [0.15, 0.2) is 17.4 Å². The molecule has 0 radical (unpaired) electrons. The molecule has 0 aliphatic rings. The topological polar surface area (TPSA) is 121 Å². The SMILES string of the molecule is CN(C)CCCN(C)c1ncc(C(N)=NO)cc1[N+](=O)[O-]. The van der Waals surface area contributed by atoms with Crippen LogP contribution < -0.4 is 10.6 Å². The van der Waals surface area contributed by atoms with E-state index in [1.165, 1.54) is 12.3 Å². The van der Waals surface area contributed by atoms with Gasteiger partial charge >= 0.3 is 5.69 Å². The minimum atomic E-state index is -0.529. The van der Waals surface area contributed by atoms with Crippen molar-refractivity contribution in [1.29, 1.82) is 0 Å². The molecule has 116 valence electrons. The van der Waals surface area contributed by atoms with E-state index in [0.29, 0.717) is 6.54 Å². The van der Waals surface area contributed by atoms with Crippen LogP contribution in [-0.4, -0.2) is 60.1 Å². The van der Waals surface area contributed by atoms with Crippen LogP contribution in [0.4, 0.5) is 11.5 Å². The number of hydrogen-bond acceptors (Lipinski definition) is 7. The van der Waals surface area contributed by atoms with Crippen LogP contribution >= 0.6 is 0 Å². The highest BCUT2D eigenvalue weighted by molar-refractivity contribution is 5.97. The normalized spacial score (nSPS) is 11.7. The predicted molar refractivity (Wildman–Crippen MR) is 79.8 cm³/mol. The molecule has 0 aliphatic carbocycles. The molecule has 0 aromatic carbocycles. The number of nitrogens with zero attached hydrogens (tertiary/aromatic N) is 5. The van der Waals surface area contributed by atoms with Gasteiger partial charge in [0.1, 0.15) is 0 Å². The number of aromatic nitrogens is 1. The summed E-state index contributed by atoms with van der Waals surface area (Å²) in [7, 11) is 5.67. The summed E-state index contributed by atoms with van der Waals surface area (Å²) in [6.45, 7) is 1.51. The lowest BCUT2D eigenvalue weighted by atomic mass is 10.2. The Morgan fingerprint density at radius 1 is 1.48 bits per heavy atom. The van der Waals surface area contributed by atoms with Crippen molar-refractivity contribution in [2.75, 3.05) is 39.1 Å². The van der Waals surface area contributed by atoms with Crippen molar-refractivity contribution >= 4 is 17.3 Å². The predicted octanol–water partition coefficient (Wildman–Crippen LogP) is 0.472. The Bertz CT molecular complexity index is 532. The molecule has 1 aromatic rings. The van der Waals surface area contributed by atoms with E-state index >= 15 is 0 Å². The molecule has 1 heterocycles. The van der Waals surface area contributed by atoms with Crippen LogP contribution in [0.25, 0.3) is 0 Å². The minimum Gasteiger partial charge on any atom is -0.409 e. The Balaban J connectivity index is 2.98. The summed E-state index contributed by atoms with van der Waals surface area (Å²) in [5, 5.41) is 22.6. The first-order chi connectivity index (χ1) is 9.86. The maximum atomic E-state index is 11.2. The fraction of sp³-hybridized carbons (Fsp3) is 0.500. The average Bonchev–Trinajstić information content (AvgIpc) is 2.45. The lowest BCUT2D eigenvalue weighted by Crippen LogP contribution is -2.25. The molecule has 3 N–H and O–H groups in total. The summed E-state index contributed by atoms with van der Waals surface area (Å²) >= 11 is 0. The molecule has 0 amide bonds. The number of oxime groups is 1. The molecule has 0 spiro atoms. The van der Waals surface area contributed by atoms with Crippen molar-refractivity contribution in [3.05, 3.63) is 27.9 Å². The van der Waals surface area contributed by atoms with Crippen LogP contribution in [0.3, 0.4) is 0 Å². The highest BCUT2D eigenvalue weighted by Crippen LogP contribution is 2.25. The van der Waals surface area contributed by atoms with Gasteiger partial charge in [-0.1, -0.05) is 5.16 Å². The van der Waals surface area contributed by atoms with Gasteiger partial charge in [-0.25, -0.2) is 4.98 Å². The van der Waals surface area contributed by atoms with Gasteiger partial charge in [0.25, 0.3) is 0 Å². The molecule has 0 bridgehead atoms. The van der Waals surface area contributed by atoms with E-state index in [4.69, 9.17) is 10.9 Å². The number of amidine groups is 1. The van der Waals surface area contributed by atoms with Gasteiger partial charge in [-0.05, 0) is 27.1 Å². The molecule has 1 rings (SSSR count). The summed E-state index contributed by atoms with van der Waals surface area (Å²) in [5.74, 6) is 0.0423. The maximum Gasteiger partial charge on any atom is 0.312 e. The minimum absolute atomic E-state index is 0.175. The van der Waals surface area contributed by atoms with Crippen molar-refractivity contribution in [3.8, 4) is 0 Å². The molecular weight excluding hydrogens is 276 g/mol. The molecular formula is C12H20N6O3. The van der Waals surface area contributed by atoms with Gasteiger partial charge in [0.15, 0.2) is 5.84 Å². The fourth-order valence-corrected chi connectivity index (χ4v) is 1.80. The Hall–Kier alpha value is -2.42. The third-order valence-electron chi connectivity index (χ3n) is 2.91. The average molecular weight is 296 g/mol. The Labute approximate surface area is 122 Å². The molecule has 9 nitrogen and oxygen atoms in total. The quantitative estimate of drug-likeness (QED) is 0.246. The van der Waals surface area contributed by atoms with Crippen LogP contribution in [0.2, 0.25) is 0 Å². The third kappa shape index (κ3) is 4.56. The standard InChI is InChI=1S/C12H20N6O3/c1-16(2)5-4-6-17(3)12-10(18(20)21)7-9(8-14-12)11(13)15-19/h7-8,19H,4-6H2,1-3H3,(H2,13,15). The second kappa shape index (κ2) is 7.39. The van der Waals surface area contributed by atoms with Gasteiger partial charge in [-0.3, -0.25) is 10.1 Å². The molecule has 0 atom stereocenters. The summed E-state index contributed by atoms with van der Waals surface area (Å²) in [6.07, 6.45) is 2.20. The highest BCUT2D eigenvalue weighted by atomic mass is 16.6. The molecule has 0 saturated carbocycles.